The molecule has 0 radical (unpaired) electrons. The van der Waals surface area contributed by atoms with Crippen LogP contribution in [0.1, 0.15) is 43.0 Å². The lowest BCUT2D eigenvalue weighted by Crippen LogP contribution is -2.43. The van der Waals surface area contributed by atoms with E-state index in [4.69, 9.17) is 4.42 Å². The summed E-state index contributed by atoms with van der Waals surface area (Å²) in [6.07, 6.45) is 5.18. The molecule has 0 aliphatic carbocycles. The van der Waals surface area contributed by atoms with E-state index in [1.807, 2.05) is 19.1 Å². The Bertz CT molecular complexity index is 822. The van der Waals surface area contributed by atoms with Gasteiger partial charge in [0.15, 0.2) is 15.7 Å². The monoisotopic (exact) mass is 377 g/mol. The highest BCUT2D eigenvalue weighted by Crippen LogP contribution is 2.25. The average molecular weight is 378 g/mol. The van der Waals surface area contributed by atoms with Crippen molar-refractivity contribution in [3.63, 3.8) is 0 Å². The summed E-state index contributed by atoms with van der Waals surface area (Å²) >= 11 is 0. The largest absolute Gasteiger partial charge is 0.445 e. The van der Waals surface area contributed by atoms with Crippen LogP contribution in [0.4, 0.5) is 0 Å². The van der Waals surface area contributed by atoms with E-state index in [1.54, 1.807) is 18.3 Å². The van der Waals surface area contributed by atoms with E-state index in [0.717, 1.165) is 37.3 Å². The van der Waals surface area contributed by atoms with E-state index in [1.165, 1.54) is 6.26 Å². The van der Waals surface area contributed by atoms with E-state index in [2.05, 4.69) is 22.1 Å². The van der Waals surface area contributed by atoms with Crippen molar-refractivity contribution in [2.24, 2.45) is 0 Å². The van der Waals surface area contributed by atoms with E-state index < -0.39 is 9.84 Å². The van der Waals surface area contributed by atoms with E-state index in [9.17, 15) is 8.42 Å². The lowest BCUT2D eigenvalue weighted by molar-refractivity contribution is 0.151. The van der Waals surface area contributed by atoms with E-state index in [0.29, 0.717) is 23.4 Å². The Hall–Kier alpha value is -1.70. The highest BCUT2D eigenvalue weighted by atomic mass is 32.2. The van der Waals surface area contributed by atoms with E-state index >= 15 is 0 Å². The number of nitrogens with zero attached hydrogens (tertiary/aromatic N) is 2. The molecule has 142 valence electrons. The molecule has 1 atom stereocenters. The SMILES string of the molecule is Cc1ncc(CNC2CCN(C(C)c3ccc(S(C)(=O)=O)cc3)CC2)o1. The summed E-state index contributed by atoms with van der Waals surface area (Å²) in [5, 5.41) is 3.55. The Morgan fingerprint density at radius 1 is 1.27 bits per heavy atom. The quantitative estimate of drug-likeness (QED) is 0.834. The number of piperidine rings is 1. The number of likely N-dealkylation sites (tertiary alicyclic amines) is 1. The first-order valence-electron chi connectivity index (χ1n) is 9.01. The molecule has 7 heteroatoms. The highest BCUT2D eigenvalue weighted by Gasteiger charge is 2.23. The second-order valence-electron chi connectivity index (χ2n) is 7.05. The number of benzene rings is 1. The smallest absolute Gasteiger partial charge is 0.191 e. The number of sulfone groups is 1. The fraction of sp³-hybridized carbons (Fsp3) is 0.526. The van der Waals surface area contributed by atoms with Gasteiger partial charge in [-0.3, -0.25) is 4.90 Å². The average Bonchev–Trinajstić information content (AvgIpc) is 3.04. The van der Waals surface area contributed by atoms with Crippen molar-refractivity contribution in [3.05, 3.63) is 47.7 Å². The molecule has 6 nitrogen and oxygen atoms in total. The predicted octanol–water partition coefficient (Wildman–Crippen LogP) is 2.70. The zero-order valence-electron chi connectivity index (χ0n) is 15.6. The Morgan fingerprint density at radius 2 is 1.92 bits per heavy atom. The molecule has 1 aromatic carbocycles. The van der Waals surface area contributed by atoms with Gasteiger partial charge in [-0.2, -0.15) is 0 Å². The molecular weight excluding hydrogens is 350 g/mol. The molecule has 2 aromatic rings. The Morgan fingerprint density at radius 3 is 2.46 bits per heavy atom. The first-order valence-corrected chi connectivity index (χ1v) is 10.9. The van der Waals surface area contributed by atoms with Crippen LogP contribution in [0.15, 0.2) is 39.8 Å². The molecule has 0 saturated carbocycles. The molecule has 1 saturated heterocycles. The number of oxazole rings is 1. The van der Waals surface area contributed by atoms with E-state index in [-0.39, 0.29) is 6.04 Å². The van der Waals surface area contributed by atoms with Crippen LogP contribution in [-0.4, -0.2) is 43.7 Å². The molecule has 1 aromatic heterocycles. The maximum atomic E-state index is 11.6. The van der Waals surface area contributed by atoms with Crippen LogP contribution in [-0.2, 0) is 16.4 Å². The van der Waals surface area contributed by atoms with Crippen LogP contribution in [0.3, 0.4) is 0 Å². The van der Waals surface area contributed by atoms with Gasteiger partial charge < -0.3 is 9.73 Å². The zero-order chi connectivity index (χ0) is 18.7. The Balaban J connectivity index is 1.50. The van der Waals surface area contributed by atoms with Crippen molar-refractivity contribution in [3.8, 4) is 0 Å². The van der Waals surface area contributed by atoms with Crippen LogP contribution < -0.4 is 5.32 Å². The molecule has 0 bridgehead atoms. The van der Waals surface area contributed by atoms with Crippen molar-refractivity contribution in [2.75, 3.05) is 19.3 Å². The van der Waals surface area contributed by atoms with Gasteiger partial charge in [0.2, 0.25) is 0 Å². The van der Waals surface area contributed by atoms with Crippen LogP contribution in [0.25, 0.3) is 0 Å². The Kier molecular flexibility index (Phi) is 5.79. The van der Waals surface area contributed by atoms with Crippen molar-refractivity contribution in [2.45, 2.75) is 50.2 Å². The van der Waals surface area contributed by atoms with Crippen molar-refractivity contribution in [1.29, 1.82) is 0 Å². The zero-order valence-corrected chi connectivity index (χ0v) is 16.4. The third-order valence-corrected chi connectivity index (χ3v) is 6.23. The summed E-state index contributed by atoms with van der Waals surface area (Å²) in [6.45, 7) is 6.78. The number of aryl methyl sites for hydroxylation is 1. The first kappa shape index (κ1) is 19.1. The number of aromatic nitrogens is 1. The fourth-order valence-electron chi connectivity index (χ4n) is 3.43. The molecule has 1 unspecified atom stereocenters. The van der Waals surface area contributed by atoms with Gasteiger partial charge in [0.25, 0.3) is 0 Å². The summed E-state index contributed by atoms with van der Waals surface area (Å²) in [4.78, 5) is 6.94. The molecule has 0 spiro atoms. The molecule has 3 rings (SSSR count). The first-order chi connectivity index (χ1) is 12.3. The van der Waals surface area contributed by atoms with Crippen LogP contribution in [0.5, 0.6) is 0 Å². The predicted molar refractivity (Wildman–Crippen MR) is 101 cm³/mol. The summed E-state index contributed by atoms with van der Waals surface area (Å²) in [5.41, 5.74) is 1.15. The summed E-state index contributed by atoms with van der Waals surface area (Å²) in [7, 11) is -3.14. The van der Waals surface area contributed by atoms with Crippen molar-refractivity contribution >= 4 is 9.84 Å². The van der Waals surface area contributed by atoms with Crippen LogP contribution in [0.2, 0.25) is 0 Å². The molecule has 1 N–H and O–H groups in total. The van der Waals surface area contributed by atoms with Gasteiger partial charge in [0.05, 0.1) is 17.6 Å². The van der Waals surface area contributed by atoms with Gasteiger partial charge >= 0.3 is 0 Å². The maximum Gasteiger partial charge on any atom is 0.191 e. The number of hydrogen-bond donors (Lipinski definition) is 1. The van der Waals surface area contributed by atoms with Crippen LogP contribution in [0, 0.1) is 6.92 Å². The molecular formula is C19H27N3O3S. The summed E-state index contributed by atoms with van der Waals surface area (Å²) in [6, 6.07) is 8.02. The molecule has 1 aliphatic heterocycles. The topological polar surface area (TPSA) is 75.4 Å². The minimum atomic E-state index is -3.14. The number of nitrogens with one attached hydrogen (secondary N) is 1. The normalized spacial score (nSPS) is 18.1. The van der Waals surface area contributed by atoms with Gasteiger partial charge in [0, 0.05) is 38.4 Å². The lowest BCUT2D eigenvalue weighted by Gasteiger charge is -2.36. The van der Waals surface area contributed by atoms with Gasteiger partial charge in [0.1, 0.15) is 5.76 Å². The van der Waals surface area contributed by atoms with Gasteiger partial charge in [-0.25, -0.2) is 13.4 Å². The minimum absolute atomic E-state index is 0.279. The second-order valence-corrected chi connectivity index (χ2v) is 9.07. The highest BCUT2D eigenvalue weighted by molar-refractivity contribution is 7.90. The fourth-order valence-corrected chi connectivity index (χ4v) is 4.06. The van der Waals surface area contributed by atoms with Crippen molar-refractivity contribution < 1.29 is 12.8 Å². The van der Waals surface area contributed by atoms with Gasteiger partial charge in [-0.15, -0.1) is 0 Å². The molecule has 26 heavy (non-hydrogen) atoms. The third-order valence-electron chi connectivity index (χ3n) is 5.10. The van der Waals surface area contributed by atoms with Crippen molar-refractivity contribution in [1.82, 2.24) is 15.2 Å². The maximum absolute atomic E-state index is 11.6. The van der Waals surface area contributed by atoms with Crippen LogP contribution >= 0.6 is 0 Å². The van der Waals surface area contributed by atoms with Gasteiger partial charge in [-0.05, 0) is 37.5 Å². The summed E-state index contributed by atoms with van der Waals surface area (Å²) < 4.78 is 28.7. The van der Waals surface area contributed by atoms with Gasteiger partial charge in [-0.1, -0.05) is 12.1 Å². The lowest BCUT2D eigenvalue weighted by atomic mass is 10.00. The minimum Gasteiger partial charge on any atom is -0.445 e. The summed E-state index contributed by atoms with van der Waals surface area (Å²) in [5.74, 6) is 1.58. The molecule has 1 aliphatic rings. The molecule has 0 amide bonds. The number of rotatable bonds is 6. The molecule has 1 fully saturated rings. The Labute approximate surface area is 155 Å². The standard InChI is InChI=1S/C19H27N3O3S/c1-14(16-4-6-19(7-5-16)26(3,23)24)22-10-8-17(9-11-22)21-13-18-12-20-15(2)25-18/h4-7,12,14,17,21H,8-11,13H2,1-3H3. The number of hydrogen-bond acceptors (Lipinski definition) is 6. The second kappa shape index (κ2) is 7.90. The molecule has 2 heterocycles. The third kappa shape index (κ3) is 4.72.